The fourth-order valence-electron chi connectivity index (χ4n) is 4.45. The van der Waals surface area contributed by atoms with E-state index < -0.39 is 11.7 Å². The summed E-state index contributed by atoms with van der Waals surface area (Å²) in [6.45, 7) is 1.64. The van der Waals surface area contributed by atoms with Crippen LogP contribution in [-0.2, 0) is 12.7 Å². The molecule has 28 heavy (non-hydrogen) atoms. The molecule has 1 aliphatic carbocycles. The van der Waals surface area contributed by atoms with E-state index in [2.05, 4.69) is 10.3 Å². The highest BCUT2D eigenvalue weighted by Crippen LogP contribution is 2.36. The van der Waals surface area contributed by atoms with Gasteiger partial charge in [0.05, 0.1) is 18.3 Å². The van der Waals surface area contributed by atoms with Crippen LogP contribution in [0, 0.1) is 11.8 Å². The second-order valence-corrected chi connectivity index (χ2v) is 7.84. The third kappa shape index (κ3) is 4.05. The summed E-state index contributed by atoms with van der Waals surface area (Å²) in [5, 5.41) is 7.90. The standard InChI is InChI=1S/C20H23F3N4O/c21-20(22,23)17-7-3-4-14(10-17)11-27-13-18(24-25-27)19(28)26-9-8-15-5-1-2-6-16(15)12-26/h3-4,7,10,13,15-16H,1-2,5-6,8-9,11-12H2/t15-,16-/m0/s1. The number of hydrogen-bond acceptors (Lipinski definition) is 3. The Kier molecular flexibility index (Phi) is 5.12. The third-order valence-corrected chi connectivity index (χ3v) is 5.94. The summed E-state index contributed by atoms with van der Waals surface area (Å²) in [5.74, 6) is 1.17. The molecule has 1 saturated carbocycles. The molecule has 150 valence electrons. The molecule has 1 aromatic carbocycles. The van der Waals surface area contributed by atoms with Gasteiger partial charge in [0, 0.05) is 13.1 Å². The Morgan fingerprint density at radius 2 is 1.93 bits per heavy atom. The van der Waals surface area contributed by atoms with Gasteiger partial charge in [-0.3, -0.25) is 4.79 Å². The van der Waals surface area contributed by atoms with Crippen LogP contribution in [0.2, 0.25) is 0 Å². The van der Waals surface area contributed by atoms with Crippen molar-refractivity contribution < 1.29 is 18.0 Å². The van der Waals surface area contributed by atoms with Crippen molar-refractivity contribution in [2.45, 2.75) is 44.8 Å². The minimum absolute atomic E-state index is 0.134. The monoisotopic (exact) mass is 392 g/mol. The number of nitrogens with zero attached hydrogens (tertiary/aromatic N) is 4. The second kappa shape index (κ2) is 7.56. The molecule has 0 bridgehead atoms. The number of carbonyl (C=O) groups is 1. The summed E-state index contributed by atoms with van der Waals surface area (Å²) >= 11 is 0. The average molecular weight is 392 g/mol. The molecule has 0 N–H and O–H groups in total. The molecule has 1 saturated heterocycles. The van der Waals surface area contributed by atoms with Crippen molar-refractivity contribution in [3.63, 3.8) is 0 Å². The van der Waals surface area contributed by atoms with Gasteiger partial charge >= 0.3 is 6.18 Å². The fraction of sp³-hybridized carbons (Fsp3) is 0.550. The molecule has 4 rings (SSSR count). The quantitative estimate of drug-likeness (QED) is 0.794. The topological polar surface area (TPSA) is 51.0 Å². The van der Waals surface area contributed by atoms with Crippen LogP contribution >= 0.6 is 0 Å². The van der Waals surface area contributed by atoms with Gasteiger partial charge in [-0.2, -0.15) is 13.2 Å². The van der Waals surface area contributed by atoms with Crippen LogP contribution in [0.25, 0.3) is 0 Å². The Morgan fingerprint density at radius 3 is 2.71 bits per heavy atom. The summed E-state index contributed by atoms with van der Waals surface area (Å²) in [4.78, 5) is 14.6. The maximum absolute atomic E-state index is 12.9. The molecule has 8 heteroatoms. The predicted octanol–water partition coefficient (Wildman–Crippen LogP) is 4.00. The first kappa shape index (κ1) is 19.0. The van der Waals surface area contributed by atoms with Crippen molar-refractivity contribution in [3.05, 3.63) is 47.3 Å². The van der Waals surface area contributed by atoms with E-state index in [1.807, 2.05) is 4.90 Å². The predicted molar refractivity (Wildman–Crippen MR) is 96.5 cm³/mol. The van der Waals surface area contributed by atoms with Crippen molar-refractivity contribution in [3.8, 4) is 0 Å². The zero-order valence-electron chi connectivity index (χ0n) is 15.5. The van der Waals surface area contributed by atoms with E-state index in [1.54, 1.807) is 6.07 Å². The molecule has 2 heterocycles. The largest absolute Gasteiger partial charge is 0.416 e. The van der Waals surface area contributed by atoms with Crippen molar-refractivity contribution in [1.29, 1.82) is 0 Å². The molecular weight excluding hydrogens is 369 g/mol. The molecule has 2 atom stereocenters. The Balaban J connectivity index is 1.42. The maximum atomic E-state index is 12.9. The maximum Gasteiger partial charge on any atom is 0.416 e. The van der Waals surface area contributed by atoms with Crippen LogP contribution in [-0.4, -0.2) is 38.9 Å². The van der Waals surface area contributed by atoms with Gasteiger partial charge in [-0.15, -0.1) is 5.10 Å². The van der Waals surface area contributed by atoms with Crippen LogP contribution in [0.1, 0.15) is 53.7 Å². The third-order valence-electron chi connectivity index (χ3n) is 5.94. The van der Waals surface area contributed by atoms with Gasteiger partial charge in [0.15, 0.2) is 5.69 Å². The van der Waals surface area contributed by atoms with Crippen LogP contribution in [0.5, 0.6) is 0 Å². The normalized spacial score (nSPS) is 22.8. The molecule has 0 radical (unpaired) electrons. The Bertz CT molecular complexity index is 848. The highest BCUT2D eigenvalue weighted by molar-refractivity contribution is 5.92. The van der Waals surface area contributed by atoms with Gasteiger partial charge in [0.25, 0.3) is 5.91 Å². The average Bonchev–Trinajstić information content (AvgIpc) is 3.15. The summed E-state index contributed by atoms with van der Waals surface area (Å²) in [6, 6.07) is 5.10. The number of alkyl halides is 3. The molecule has 1 aliphatic heterocycles. The number of halogens is 3. The minimum Gasteiger partial charge on any atom is -0.337 e. The van der Waals surface area contributed by atoms with Gasteiger partial charge in [-0.05, 0) is 42.4 Å². The zero-order valence-corrected chi connectivity index (χ0v) is 15.5. The first-order valence-corrected chi connectivity index (χ1v) is 9.76. The van der Waals surface area contributed by atoms with Crippen molar-refractivity contribution in [1.82, 2.24) is 19.9 Å². The Hall–Kier alpha value is -2.38. The van der Waals surface area contributed by atoms with Crippen LogP contribution < -0.4 is 0 Å². The summed E-state index contributed by atoms with van der Waals surface area (Å²) in [6.07, 6.45) is 3.14. The lowest BCUT2D eigenvalue weighted by molar-refractivity contribution is -0.137. The minimum atomic E-state index is -4.38. The zero-order chi connectivity index (χ0) is 19.7. The first-order valence-electron chi connectivity index (χ1n) is 9.76. The molecule has 1 amide bonds. The van der Waals surface area contributed by atoms with E-state index in [-0.39, 0.29) is 18.1 Å². The SMILES string of the molecule is O=C(c1cn(Cc2cccc(C(F)(F)F)c2)nn1)N1CC[C@@H]2CCCC[C@H]2C1. The summed E-state index contributed by atoms with van der Waals surface area (Å²) in [5.41, 5.74) is 0.0137. The van der Waals surface area contributed by atoms with Gasteiger partial charge in [-0.1, -0.05) is 36.6 Å². The van der Waals surface area contributed by atoms with Crippen molar-refractivity contribution in [2.75, 3.05) is 13.1 Å². The molecule has 2 fully saturated rings. The number of aromatic nitrogens is 3. The summed E-state index contributed by atoms with van der Waals surface area (Å²) < 4.78 is 40.0. The van der Waals surface area contributed by atoms with Crippen LogP contribution in [0.4, 0.5) is 13.2 Å². The number of amides is 1. The molecular formula is C20H23F3N4O. The fourth-order valence-corrected chi connectivity index (χ4v) is 4.45. The van der Waals surface area contributed by atoms with E-state index in [1.165, 1.54) is 42.6 Å². The van der Waals surface area contributed by atoms with Crippen molar-refractivity contribution in [2.24, 2.45) is 11.8 Å². The highest BCUT2D eigenvalue weighted by atomic mass is 19.4. The number of rotatable bonds is 3. The summed E-state index contributed by atoms with van der Waals surface area (Å²) in [7, 11) is 0. The molecule has 2 aromatic rings. The number of carbonyl (C=O) groups excluding carboxylic acids is 1. The van der Waals surface area contributed by atoms with Crippen LogP contribution in [0.3, 0.4) is 0 Å². The van der Waals surface area contributed by atoms with Crippen molar-refractivity contribution >= 4 is 5.91 Å². The van der Waals surface area contributed by atoms with Gasteiger partial charge < -0.3 is 4.90 Å². The lowest BCUT2D eigenvalue weighted by atomic mass is 9.75. The van der Waals surface area contributed by atoms with Gasteiger partial charge in [0.2, 0.25) is 0 Å². The molecule has 1 aromatic heterocycles. The Labute approximate surface area is 161 Å². The van der Waals surface area contributed by atoms with E-state index in [9.17, 15) is 18.0 Å². The lowest BCUT2D eigenvalue weighted by Crippen LogP contribution is -2.44. The number of piperidine rings is 1. The first-order chi connectivity index (χ1) is 13.4. The number of benzene rings is 1. The van der Waals surface area contributed by atoms with E-state index in [4.69, 9.17) is 0 Å². The number of hydrogen-bond donors (Lipinski definition) is 0. The van der Waals surface area contributed by atoms with E-state index in [0.717, 1.165) is 37.6 Å². The van der Waals surface area contributed by atoms with Gasteiger partial charge in [-0.25, -0.2) is 4.68 Å². The highest BCUT2D eigenvalue weighted by Gasteiger charge is 2.34. The number of likely N-dealkylation sites (tertiary alicyclic amines) is 1. The Morgan fingerprint density at radius 1 is 1.14 bits per heavy atom. The molecule has 2 aliphatic rings. The molecule has 0 spiro atoms. The van der Waals surface area contributed by atoms with Gasteiger partial charge in [0.1, 0.15) is 0 Å². The van der Waals surface area contributed by atoms with E-state index >= 15 is 0 Å². The lowest BCUT2D eigenvalue weighted by Gasteiger charge is -2.41. The molecule has 0 unspecified atom stereocenters. The second-order valence-electron chi connectivity index (χ2n) is 7.84. The number of fused-ring (bicyclic) bond motifs is 1. The van der Waals surface area contributed by atoms with E-state index in [0.29, 0.717) is 11.5 Å². The smallest absolute Gasteiger partial charge is 0.337 e. The van der Waals surface area contributed by atoms with Crippen LogP contribution in [0.15, 0.2) is 30.5 Å². The molecule has 5 nitrogen and oxygen atoms in total.